The van der Waals surface area contributed by atoms with E-state index >= 15 is 0 Å². The van der Waals surface area contributed by atoms with Gasteiger partial charge in [-0.1, -0.05) is 36.9 Å². The summed E-state index contributed by atoms with van der Waals surface area (Å²) in [6, 6.07) is 11.2. The van der Waals surface area contributed by atoms with Crippen molar-refractivity contribution in [3.05, 3.63) is 48.7 Å². The predicted molar refractivity (Wildman–Crippen MR) is 91.3 cm³/mol. The van der Waals surface area contributed by atoms with E-state index in [1.54, 1.807) is 21.3 Å². The first-order valence-electron chi connectivity index (χ1n) is 7.46. The van der Waals surface area contributed by atoms with E-state index in [9.17, 15) is 0 Å². The Morgan fingerprint density at radius 2 is 1.77 bits per heavy atom. The topological polar surface area (TPSA) is 43.0 Å². The van der Waals surface area contributed by atoms with Crippen molar-refractivity contribution < 1.29 is 13.3 Å². The third-order valence-corrected chi connectivity index (χ3v) is 6.40. The second kappa shape index (κ2) is 10.5. The van der Waals surface area contributed by atoms with Crippen molar-refractivity contribution in [1.29, 1.82) is 0 Å². The maximum atomic E-state index is 5.40. The average molecular weight is 324 g/mol. The summed E-state index contributed by atoms with van der Waals surface area (Å²) in [6.45, 7) is 6.36. The van der Waals surface area contributed by atoms with E-state index in [2.05, 4.69) is 41.1 Å². The van der Waals surface area contributed by atoms with Crippen LogP contribution >= 0.6 is 0 Å². The number of hydrogen-bond acceptors (Lipinski definition) is 5. The molecule has 0 aliphatic carbocycles. The van der Waals surface area contributed by atoms with Gasteiger partial charge in [-0.2, -0.15) is 0 Å². The van der Waals surface area contributed by atoms with Gasteiger partial charge in [0.1, 0.15) is 0 Å². The van der Waals surface area contributed by atoms with Crippen LogP contribution in [0.25, 0.3) is 0 Å². The van der Waals surface area contributed by atoms with Gasteiger partial charge in [0.2, 0.25) is 0 Å². The van der Waals surface area contributed by atoms with Crippen molar-refractivity contribution in [3.63, 3.8) is 0 Å². The molecule has 0 amide bonds. The van der Waals surface area contributed by atoms with Crippen LogP contribution < -0.4 is 5.32 Å². The summed E-state index contributed by atoms with van der Waals surface area (Å²) in [4.78, 5) is 2.14. The minimum atomic E-state index is -2.44. The van der Waals surface area contributed by atoms with Crippen molar-refractivity contribution in [1.82, 2.24) is 10.2 Å². The zero-order valence-electron chi connectivity index (χ0n) is 13.9. The molecule has 1 aromatic rings. The molecule has 0 aromatic heterocycles. The fourth-order valence-electron chi connectivity index (χ4n) is 2.21. The molecule has 0 fully saturated rings. The quantitative estimate of drug-likeness (QED) is 0.363. The van der Waals surface area contributed by atoms with Gasteiger partial charge in [0, 0.05) is 33.9 Å². The normalized spacial score (nSPS) is 11.4. The molecule has 0 unspecified atom stereocenters. The van der Waals surface area contributed by atoms with Crippen LogP contribution in [-0.2, 0) is 19.8 Å². The Hall–Kier alpha value is -1.18. The minimum absolute atomic E-state index is 0.764. The lowest BCUT2D eigenvalue weighted by atomic mass is 10.2. The predicted octanol–water partition coefficient (Wildman–Crippen LogP) is 2.45. The highest BCUT2D eigenvalue weighted by molar-refractivity contribution is 6.60. The van der Waals surface area contributed by atoms with Crippen LogP contribution in [-0.4, -0.2) is 48.2 Å². The van der Waals surface area contributed by atoms with E-state index in [-0.39, 0.29) is 0 Å². The molecule has 0 bridgehead atoms. The third kappa shape index (κ3) is 6.29. The van der Waals surface area contributed by atoms with Crippen LogP contribution in [0.5, 0.6) is 0 Å². The fourth-order valence-corrected chi connectivity index (χ4v) is 3.93. The molecule has 6 heteroatoms. The molecule has 1 rings (SSSR count). The van der Waals surface area contributed by atoms with Gasteiger partial charge in [-0.3, -0.25) is 5.32 Å². The van der Waals surface area contributed by atoms with Crippen LogP contribution in [0.1, 0.15) is 12.0 Å². The molecular formula is C16H28N2O3Si. The van der Waals surface area contributed by atoms with Crippen molar-refractivity contribution in [2.45, 2.75) is 19.0 Å². The van der Waals surface area contributed by atoms with Crippen molar-refractivity contribution in [2.75, 3.05) is 34.5 Å². The second-order valence-corrected chi connectivity index (χ2v) is 8.06. The summed E-state index contributed by atoms with van der Waals surface area (Å²) in [7, 11) is 2.50. The van der Waals surface area contributed by atoms with E-state index in [1.165, 1.54) is 5.56 Å². The first kappa shape index (κ1) is 18.9. The van der Waals surface area contributed by atoms with Crippen LogP contribution in [0.15, 0.2) is 43.1 Å². The van der Waals surface area contributed by atoms with Crippen molar-refractivity contribution in [2.24, 2.45) is 0 Å². The van der Waals surface area contributed by atoms with Crippen LogP contribution in [0.2, 0.25) is 6.04 Å². The van der Waals surface area contributed by atoms with Gasteiger partial charge in [-0.25, -0.2) is 0 Å². The summed E-state index contributed by atoms with van der Waals surface area (Å²) in [5.74, 6) is 0. The minimum Gasteiger partial charge on any atom is -0.377 e. The maximum absolute atomic E-state index is 5.40. The fraction of sp³-hybridized carbons (Fsp3) is 0.500. The number of nitrogens with one attached hydrogen (secondary N) is 1. The Labute approximate surface area is 135 Å². The zero-order valence-corrected chi connectivity index (χ0v) is 14.9. The molecule has 22 heavy (non-hydrogen) atoms. The van der Waals surface area contributed by atoms with Gasteiger partial charge >= 0.3 is 8.80 Å². The Bertz CT molecular complexity index is 405. The van der Waals surface area contributed by atoms with Crippen molar-refractivity contribution in [3.8, 4) is 0 Å². The van der Waals surface area contributed by atoms with Gasteiger partial charge in [0.05, 0.1) is 6.67 Å². The highest BCUT2D eigenvalue weighted by Gasteiger charge is 2.36. The van der Waals surface area contributed by atoms with Gasteiger partial charge in [-0.15, -0.1) is 0 Å². The summed E-state index contributed by atoms with van der Waals surface area (Å²) in [5.41, 5.74) is 1.27. The molecule has 0 heterocycles. The lowest BCUT2D eigenvalue weighted by molar-refractivity contribution is 0.123. The molecule has 5 nitrogen and oxygen atoms in total. The van der Waals surface area contributed by atoms with Crippen LogP contribution in [0.3, 0.4) is 0 Å². The Balaban J connectivity index is 2.26. The molecular weight excluding hydrogens is 296 g/mol. The zero-order chi connectivity index (χ0) is 16.3. The van der Waals surface area contributed by atoms with E-state index in [1.807, 2.05) is 12.3 Å². The summed E-state index contributed by atoms with van der Waals surface area (Å²) < 4.78 is 16.2. The molecule has 0 spiro atoms. The van der Waals surface area contributed by atoms with E-state index in [0.29, 0.717) is 0 Å². The molecule has 124 valence electrons. The summed E-state index contributed by atoms with van der Waals surface area (Å²) in [5, 5.41) is 3.41. The molecule has 1 aromatic carbocycles. The van der Waals surface area contributed by atoms with Gasteiger partial charge in [0.25, 0.3) is 0 Å². The van der Waals surface area contributed by atoms with Crippen LogP contribution in [0.4, 0.5) is 0 Å². The Kier molecular flexibility index (Phi) is 9.03. The molecule has 0 atom stereocenters. The van der Waals surface area contributed by atoms with E-state index < -0.39 is 8.80 Å². The second-order valence-electron chi connectivity index (χ2n) is 4.97. The molecule has 0 radical (unpaired) electrons. The molecule has 0 saturated heterocycles. The SMILES string of the molecule is C=CN(CNCCC[Si](OC)(OC)OC)Cc1ccccc1. The number of nitrogens with zero attached hydrogens (tertiary/aromatic N) is 1. The summed E-state index contributed by atoms with van der Waals surface area (Å²) >= 11 is 0. The standard InChI is InChI=1S/C16H28N2O3Si/c1-5-18(14-16-10-7-6-8-11-16)15-17-12-9-13-22(19-2,20-3)21-4/h5-8,10-11,17H,1,9,12-15H2,2-4H3. The molecule has 1 N–H and O–H groups in total. The molecule has 0 aliphatic rings. The van der Waals surface area contributed by atoms with E-state index in [0.717, 1.165) is 32.2 Å². The van der Waals surface area contributed by atoms with E-state index in [4.69, 9.17) is 13.3 Å². The van der Waals surface area contributed by atoms with Crippen LogP contribution in [0, 0.1) is 0 Å². The lowest BCUT2D eigenvalue weighted by Crippen LogP contribution is -2.43. The molecule has 0 saturated carbocycles. The smallest absolute Gasteiger partial charge is 0.377 e. The number of hydrogen-bond donors (Lipinski definition) is 1. The largest absolute Gasteiger partial charge is 0.500 e. The van der Waals surface area contributed by atoms with Gasteiger partial charge in [-0.05, 0) is 24.7 Å². The Morgan fingerprint density at radius 3 is 2.32 bits per heavy atom. The lowest BCUT2D eigenvalue weighted by Gasteiger charge is -2.25. The van der Waals surface area contributed by atoms with Gasteiger partial charge in [0.15, 0.2) is 0 Å². The van der Waals surface area contributed by atoms with Crippen molar-refractivity contribution >= 4 is 8.80 Å². The highest BCUT2D eigenvalue weighted by Crippen LogP contribution is 2.14. The molecule has 0 aliphatic heterocycles. The third-order valence-electron chi connectivity index (χ3n) is 3.57. The average Bonchev–Trinajstić information content (AvgIpc) is 2.58. The van der Waals surface area contributed by atoms with Gasteiger partial charge < -0.3 is 18.2 Å². The number of benzene rings is 1. The monoisotopic (exact) mass is 324 g/mol. The Morgan fingerprint density at radius 1 is 1.14 bits per heavy atom. The maximum Gasteiger partial charge on any atom is 0.500 e. The highest BCUT2D eigenvalue weighted by atomic mass is 28.4. The first-order chi connectivity index (χ1) is 10.7. The summed E-state index contributed by atoms with van der Waals surface area (Å²) in [6.07, 6.45) is 2.80. The number of rotatable bonds is 12. The first-order valence-corrected chi connectivity index (χ1v) is 9.39.